The number of hydrogen-bond acceptors (Lipinski definition) is 2. The molecule has 0 saturated carbocycles. The molecule has 0 unspecified atom stereocenters. The quantitative estimate of drug-likeness (QED) is 0.738. The van der Waals surface area contributed by atoms with E-state index in [9.17, 15) is 4.79 Å². The standard InChI is InChI=1S/C13H16ClNO/c1-15-8-6-11(7-9-15)13(16)10-2-4-12(14)5-3-10/h2-5,11H,6-9H2,1H3. The van der Waals surface area contributed by atoms with Crippen LogP contribution in [0.15, 0.2) is 24.3 Å². The first-order valence-electron chi connectivity index (χ1n) is 5.65. The predicted molar refractivity (Wildman–Crippen MR) is 66.0 cm³/mol. The summed E-state index contributed by atoms with van der Waals surface area (Å²) in [7, 11) is 2.10. The second-order valence-electron chi connectivity index (χ2n) is 4.45. The summed E-state index contributed by atoms with van der Waals surface area (Å²) >= 11 is 5.80. The topological polar surface area (TPSA) is 20.3 Å². The molecule has 0 atom stereocenters. The van der Waals surface area contributed by atoms with Crippen molar-refractivity contribution in [1.82, 2.24) is 4.90 Å². The van der Waals surface area contributed by atoms with E-state index in [1.54, 1.807) is 12.1 Å². The van der Waals surface area contributed by atoms with Crippen LogP contribution in [0.1, 0.15) is 23.2 Å². The normalized spacial score (nSPS) is 18.6. The van der Waals surface area contributed by atoms with Crippen molar-refractivity contribution in [2.24, 2.45) is 5.92 Å². The Morgan fingerprint density at radius 3 is 2.38 bits per heavy atom. The molecule has 0 radical (unpaired) electrons. The number of likely N-dealkylation sites (tertiary alicyclic amines) is 1. The molecule has 1 heterocycles. The highest BCUT2D eigenvalue weighted by atomic mass is 35.5. The molecular weight excluding hydrogens is 222 g/mol. The molecule has 1 aliphatic rings. The third-order valence-corrected chi connectivity index (χ3v) is 3.47. The van der Waals surface area contributed by atoms with Crippen molar-refractivity contribution in [3.63, 3.8) is 0 Å². The van der Waals surface area contributed by atoms with Crippen molar-refractivity contribution in [1.29, 1.82) is 0 Å². The Bertz CT molecular complexity index is 366. The van der Waals surface area contributed by atoms with Gasteiger partial charge in [0.25, 0.3) is 0 Å². The van der Waals surface area contributed by atoms with E-state index in [2.05, 4.69) is 11.9 Å². The van der Waals surface area contributed by atoms with Crippen LogP contribution in [0.25, 0.3) is 0 Å². The van der Waals surface area contributed by atoms with Gasteiger partial charge in [-0.25, -0.2) is 0 Å². The molecule has 1 saturated heterocycles. The molecule has 0 bridgehead atoms. The van der Waals surface area contributed by atoms with Crippen LogP contribution in [-0.4, -0.2) is 30.8 Å². The van der Waals surface area contributed by atoms with Crippen molar-refractivity contribution in [3.8, 4) is 0 Å². The van der Waals surface area contributed by atoms with Gasteiger partial charge in [-0.05, 0) is 57.2 Å². The molecule has 16 heavy (non-hydrogen) atoms. The minimum Gasteiger partial charge on any atom is -0.306 e. The molecule has 0 aliphatic carbocycles. The molecule has 0 amide bonds. The Kier molecular flexibility index (Phi) is 3.62. The Labute approximate surface area is 101 Å². The van der Waals surface area contributed by atoms with Gasteiger partial charge in [-0.1, -0.05) is 11.6 Å². The summed E-state index contributed by atoms with van der Waals surface area (Å²) in [4.78, 5) is 14.4. The zero-order chi connectivity index (χ0) is 11.5. The summed E-state index contributed by atoms with van der Waals surface area (Å²) in [5.41, 5.74) is 0.791. The van der Waals surface area contributed by atoms with E-state index in [-0.39, 0.29) is 11.7 Å². The fourth-order valence-corrected chi connectivity index (χ4v) is 2.25. The Morgan fingerprint density at radius 1 is 1.25 bits per heavy atom. The number of ketones is 1. The van der Waals surface area contributed by atoms with Gasteiger partial charge in [0.1, 0.15) is 0 Å². The second-order valence-corrected chi connectivity index (χ2v) is 4.89. The second kappa shape index (κ2) is 4.98. The van der Waals surface area contributed by atoms with E-state index in [1.807, 2.05) is 12.1 Å². The molecule has 1 aromatic rings. The first-order chi connectivity index (χ1) is 7.66. The smallest absolute Gasteiger partial charge is 0.166 e. The Morgan fingerprint density at radius 2 is 1.81 bits per heavy atom. The van der Waals surface area contributed by atoms with Crippen LogP contribution in [0.2, 0.25) is 5.02 Å². The zero-order valence-corrected chi connectivity index (χ0v) is 10.2. The van der Waals surface area contributed by atoms with E-state index >= 15 is 0 Å². The van der Waals surface area contributed by atoms with Crippen molar-refractivity contribution in [3.05, 3.63) is 34.9 Å². The number of carbonyl (C=O) groups is 1. The van der Waals surface area contributed by atoms with Crippen molar-refractivity contribution in [2.75, 3.05) is 20.1 Å². The average molecular weight is 238 g/mol. The van der Waals surface area contributed by atoms with E-state index < -0.39 is 0 Å². The maximum absolute atomic E-state index is 12.2. The number of Topliss-reactive ketones (excluding diaryl/α,β-unsaturated/α-hetero) is 1. The molecule has 0 aromatic heterocycles. The number of piperidine rings is 1. The zero-order valence-electron chi connectivity index (χ0n) is 9.45. The van der Waals surface area contributed by atoms with Crippen LogP contribution in [0.3, 0.4) is 0 Å². The lowest BCUT2D eigenvalue weighted by atomic mass is 9.89. The van der Waals surface area contributed by atoms with Crippen LogP contribution in [-0.2, 0) is 0 Å². The van der Waals surface area contributed by atoms with Gasteiger partial charge >= 0.3 is 0 Å². The lowest BCUT2D eigenvalue weighted by Gasteiger charge is -2.27. The Balaban J connectivity index is 2.05. The molecule has 2 nitrogen and oxygen atoms in total. The third kappa shape index (κ3) is 2.63. The number of nitrogens with zero attached hydrogens (tertiary/aromatic N) is 1. The largest absolute Gasteiger partial charge is 0.306 e. The van der Waals surface area contributed by atoms with Gasteiger partial charge in [-0.3, -0.25) is 4.79 Å². The van der Waals surface area contributed by atoms with Crippen LogP contribution < -0.4 is 0 Å². The fraction of sp³-hybridized carbons (Fsp3) is 0.462. The molecule has 0 N–H and O–H groups in total. The molecule has 1 fully saturated rings. The van der Waals surface area contributed by atoms with Gasteiger partial charge in [0.15, 0.2) is 5.78 Å². The fourth-order valence-electron chi connectivity index (χ4n) is 2.12. The highest BCUT2D eigenvalue weighted by Crippen LogP contribution is 2.21. The van der Waals surface area contributed by atoms with Crippen molar-refractivity contribution in [2.45, 2.75) is 12.8 Å². The minimum atomic E-state index is 0.192. The number of rotatable bonds is 2. The van der Waals surface area contributed by atoms with Crippen molar-refractivity contribution < 1.29 is 4.79 Å². The van der Waals surface area contributed by atoms with Gasteiger partial charge in [0.2, 0.25) is 0 Å². The van der Waals surface area contributed by atoms with Crippen LogP contribution >= 0.6 is 11.6 Å². The van der Waals surface area contributed by atoms with E-state index in [0.717, 1.165) is 31.5 Å². The summed E-state index contributed by atoms with van der Waals surface area (Å²) in [6, 6.07) is 7.21. The molecule has 1 aromatic carbocycles. The van der Waals surface area contributed by atoms with Gasteiger partial charge < -0.3 is 4.90 Å². The molecule has 2 rings (SSSR count). The van der Waals surface area contributed by atoms with E-state index in [0.29, 0.717) is 5.02 Å². The first-order valence-corrected chi connectivity index (χ1v) is 6.03. The summed E-state index contributed by atoms with van der Waals surface area (Å²) in [6.45, 7) is 2.04. The molecule has 0 spiro atoms. The molecule has 1 aliphatic heterocycles. The Hall–Kier alpha value is -0.860. The van der Waals surface area contributed by atoms with Crippen LogP contribution in [0.5, 0.6) is 0 Å². The average Bonchev–Trinajstić information content (AvgIpc) is 2.30. The SMILES string of the molecule is CN1CCC(C(=O)c2ccc(Cl)cc2)CC1. The summed E-state index contributed by atoms with van der Waals surface area (Å²) < 4.78 is 0. The summed E-state index contributed by atoms with van der Waals surface area (Å²) in [5.74, 6) is 0.460. The predicted octanol–water partition coefficient (Wildman–Crippen LogP) is 2.86. The highest BCUT2D eigenvalue weighted by Gasteiger charge is 2.23. The van der Waals surface area contributed by atoms with Crippen LogP contribution in [0.4, 0.5) is 0 Å². The number of benzene rings is 1. The van der Waals surface area contributed by atoms with Gasteiger partial charge in [-0.2, -0.15) is 0 Å². The summed E-state index contributed by atoms with van der Waals surface area (Å²) in [6.07, 6.45) is 1.94. The highest BCUT2D eigenvalue weighted by molar-refractivity contribution is 6.30. The number of carbonyl (C=O) groups excluding carboxylic acids is 1. The van der Waals surface area contributed by atoms with Crippen molar-refractivity contribution >= 4 is 17.4 Å². The minimum absolute atomic E-state index is 0.192. The lowest BCUT2D eigenvalue weighted by molar-refractivity contribution is 0.0857. The van der Waals surface area contributed by atoms with E-state index in [1.165, 1.54) is 0 Å². The summed E-state index contributed by atoms with van der Waals surface area (Å²) in [5, 5.41) is 0.680. The number of hydrogen-bond donors (Lipinski definition) is 0. The molecule has 3 heteroatoms. The third-order valence-electron chi connectivity index (χ3n) is 3.22. The van der Waals surface area contributed by atoms with Gasteiger partial charge in [0, 0.05) is 16.5 Å². The van der Waals surface area contributed by atoms with Crippen LogP contribution in [0, 0.1) is 5.92 Å². The van der Waals surface area contributed by atoms with Gasteiger partial charge in [0.05, 0.1) is 0 Å². The lowest BCUT2D eigenvalue weighted by Crippen LogP contribution is -2.33. The van der Waals surface area contributed by atoms with Gasteiger partial charge in [-0.15, -0.1) is 0 Å². The van der Waals surface area contributed by atoms with E-state index in [4.69, 9.17) is 11.6 Å². The molecular formula is C13H16ClNO. The first kappa shape index (κ1) is 11.6. The maximum Gasteiger partial charge on any atom is 0.166 e. The maximum atomic E-state index is 12.2. The number of halogens is 1. The molecule has 86 valence electrons. The monoisotopic (exact) mass is 237 g/mol.